The Hall–Kier alpha value is -1.31. The van der Waals surface area contributed by atoms with Gasteiger partial charge in [0.2, 0.25) is 0 Å². The van der Waals surface area contributed by atoms with Crippen LogP contribution in [0.25, 0.3) is 0 Å². The molecule has 80 valence electrons. The molecular formula is C13H18N2. The standard InChI is InChI=1S/C13H18N2/c1-11-7-5-6-10-13(11)15-14-12-8-3-2-4-9-12/h2-4,8-9,11,14H,5-7,10H2,1H3/b15-13+. The molecule has 1 unspecified atom stereocenters. The number of benzene rings is 1. The second-order valence-electron chi connectivity index (χ2n) is 4.23. The third kappa shape index (κ3) is 2.82. The van der Waals surface area contributed by atoms with Crippen molar-refractivity contribution in [1.82, 2.24) is 0 Å². The van der Waals surface area contributed by atoms with Crippen LogP contribution < -0.4 is 5.43 Å². The van der Waals surface area contributed by atoms with Crippen molar-refractivity contribution in [3.63, 3.8) is 0 Å². The predicted octanol–water partition coefficient (Wildman–Crippen LogP) is 3.66. The summed E-state index contributed by atoms with van der Waals surface area (Å²) in [7, 11) is 0. The van der Waals surface area contributed by atoms with Gasteiger partial charge in [0.1, 0.15) is 0 Å². The van der Waals surface area contributed by atoms with Gasteiger partial charge in [-0.1, -0.05) is 31.5 Å². The van der Waals surface area contributed by atoms with Crippen molar-refractivity contribution in [2.24, 2.45) is 11.0 Å². The average Bonchev–Trinajstić information content (AvgIpc) is 2.29. The predicted molar refractivity (Wildman–Crippen MR) is 65.1 cm³/mol. The summed E-state index contributed by atoms with van der Waals surface area (Å²) in [6.07, 6.45) is 5.08. The van der Waals surface area contributed by atoms with E-state index in [0.29, 0.717) is 5.92 Å². The third-order valence-electron chi connectivity index (χ3n) is 2.99. The number of hydrazone groups is 1. The van der Waals surface area contributed by atoms with Gasteiger partial charge in [-0.25, -0.2) is 0 Å². The van der Waals surface area contributed by atoms with Crippen molar-refractivity contribution >= 4 is 11.4 Å². The third-order valence-corrected chi connectivity index (χ3v) is 2.99. The Balaban J connectivity index is 1.98. The molecule has 2 rings (SSSR count). The van der Waals surface area contributed by atoms with Crippen LogP contribution in [0.15, 0.2) is 35.4 Å². The van der Waals surface area contributed by atoms with E-state index in [2.05, 4.69) is 17.5 Å². The van der Waals surface area contributed by atoms with Gasteiger partial charge in [0.05, 0.1) is 5.69 Å². The van der Waals surface area contributed by atoms with Crippen LogP contribution in [0.2, 0.25) is 0 Å². The maximum absolute atomic E-state index is 4.50. The number of hydrogen-bond acceptors (Lipinski definition) is 2. The summed E-state index contributed by atoms with van der Waals surface area (Å²) in [4.78, 5) is 0. The molecule has 1 saturated carbocycles. The average molecular weight is 202 g/mol. The molecule has 0 heterocycles. The molecule has 1 aromatic carbocycles. The highest BCUT2D eigenvalue weighted by molar-refractivity contribution is 5.87. The van der Waals surface area contributed by atoms with Crippen molar-refractivity contribution in [3.05, 3.63) is 30.3 Å². The molecule has 0 bridgehead atoms. The van der Waals surface area contributed by atoms with E-state index in [9.17, 15) is 0 Å². The molecule has 0 amide bonds. The fourth-order valence-corrected chi connectivity index (χ4v) is 1.98. The summed E-state index contributed by atoms with van der Waals surface area (Å²) in [5, 5.41) is 4.50. The van der Waals surface area contributed by atoms with Crippen LogP contribution in [0, 0.1) is 5.92 Å². The lowest BCUT2D eigenvalue weighted by Crippen LogP contribution is -2.17. The van der Waals surface area contributed by atoms with Gasteiger partial charge < -0.3 is 0 Å². The normalized spacial score (nSPS) is 24.1. The van der Waals surface area contributed by atoms with E-state index in [-0.39, 0.29) is 0 Å². The highest BCUT2D eigenvalue weighted by Crippen LogP contribution is 2.21. The van der Waals surface area contributed by atoms with Gasteiger partial charge in [-0.05, 0) is 37.3 Å². The van der Waals surface area contributed by atoms with E-state index in [1.165, 1.54) is 25.0 Å². The van der Waals surface area contributed by atoms with Crippen LogP contribution in [-0.4, -0.2) is 5.71 Å². The monoisotopic (exact) mass is 202 g/mol. The minimum absolute atomic E-state index is 0.648. The lowest BCUT2D eigenvalue weighted by atomic mass is 9.89. The Bertz CT molecular complexity index is 330. The fraction of sp³-hybridized carbons (Fsp3) is 0.462. The maximum atomic E-state index is 4.50. The molecule has 0 aromatic heterocycles. The number of rotatable bonds is 2. The minimum Gasteiger partial charge on any atom is -0.279 e. The van der Waals surface area contributed by atoms with Gasteiger partial charge in [0.25, 0.3) is 0 Å². The van der Waals surface area contributed by atoms with Gasteiger partial charge >= 0.3 is 0 Å². The first-order valence-electron chi connectivity index (χ1n) is 5.74. The number of para-hydroxylation sites is 1. The molecule has 0 aliphatic heterocycles. The number of hydrogen-bond donors (Lipinski definition) is 1. The second kappa shape index (κ2) is 4.96. The molecule has 1 atom stereocenters. The minimum atomic E-state index is 0.648. The Morgan fingerprint density at radius 2 is 2.00 bits per heavy atom. The van der Waals surface area contributed by atoms with Gasteiger partial charge in [0, 0.05) is 5.71 Å². The second-order valence-corrected chi connectivity index (χ2v) is 4.23. The summed E-state index contributed by atoms with van der Waals surface area (Å²) >= 11 is 0. The summed E-state index contributed by atoms with van der Waals surface area (Å²) in [5.41, 5.74) is 5.53. The highest BCUT2D eigenvalue weighted by Gasteiger charge is 2.15. The fourth-order valence-electron chi connectivity index (χ4n) is 1.98. The Morgan fingerprint density at radius 3 is 2.73 bits per heavy atom. The van der Waals surface area contributed by atoms with Crippen molar-refractivity contribution in [2.45, 2.75) is 32.6 Å². The van der Waals surface area contributed by atoms with Crippen LogP contribution in [0.4, 0.5) is 5.69 Å². The molecular weight excluding hydrogens is 184 g/mol. The number of anilines is 1. The molecule has 15 heavy (non-hydrogen) atoms. The first-order valence-corrected chi connectivity index (χ1v) is 5.74. The SMILES string of the molecule is CC1CCCC/C1=N\Nc1ccccc1. The molecule has 0 radical (unpaired) electrons. The van der Waals surface area contributed by atoms with E-state index in [4.69, 9.17) is 0 Å². The molecule has 2 heteroatoms. The summed E-state index contributed by atoms with van der Waals surface area (Å²) in [6, 6.07) is 10.1. The van der Waals surface area contributed by atoms with E-state index in [1.54, 1.807) is 0 Å². The molecule has 0 saturated heterocycles. The van der Waals surface area contributed by atoms with Crippen LogP contribution in [0.1, 0.15) is 32.6 Å². The van der Waals surface area contributed by atoms with Gasteiger partial charge in [-0.15, -0.1) is 0 Å². The molecule has 1 N–H and O–H groups in total. The van der Waals surface area contributed by atoms with Crippen LogP contribution in [-0.2, 0) is 0 Å². The van der Waals surface area contributed by atoms with Crippen LogP contribution in [0.5, 0.6) is 0 Å². The molecule has 1 aliphatic rings. The lowest BCUT2D eigenvalue weighted by molar-refractivity contribution is 0.558. The number of nitrogens with one attached hydrogen (secondary N) is 1. The largest absolute Gasteiger partial charge is 0.279 e. The van der Waals surface area contributed by atoms with E-state index in [1.807, 2.05) is 30.3 Å². The first-order chi connectivity index (χ1) is 7.36. The zero-order valence-corrected chi connectivity index (χ0v) is 9.24. The van der Waals surface area contributed by atoms with Crippen LogP contribution >= 0.6 is 0 Å². The highest BCUT2D eigenvalue weighted by atomic mass is 15.3. The molecule has 2 nitrogen and oxygen atoms in total. The van der Waals surface area contributed by atoms with E-state index < -0.39 is 0 Å². The van der Waals surface area contributed by atoms with Gasteiger partial charge in [-0.2, -0.15) is 5.10 Å². The van der Waals surface area contributed by atoms with Crippen molar-refractivity contribution < 1.29 is 0 Å². The summed E-state index contributed by atoms with van der Waals surface area (Å²) in [6.45, 7) is 2.27. The first kappa shape index (κ1) is 10.2. The topological polar surface area (TPSA) is 24.4 Å². The van der Waals surface area contributed by atoms with Crippen molar-refractivity contribution in [1.29, 1.82) is 0 Å². The summed E-state index contributed by atoms with van der Waals surface area (Å²) < 4.78 is 0. The maximum Gasteiger partial charge on any atom is 0.0561 e. The van der Waals surface area contributed by atoms with E-state index >= 15 is 0 Å². The Labute approximate surface area is 91.4 Å². The zero-order chi connectivity index (χ0) is 10.5. The summed E-state index contributed by atoms with van der Waals surface area (Å²) in [5.74, 6) is 0.648. The van der Waals surface area contributed by atoms with Crippen molar-refractivity contribution in [3.8, 4) is 0 Å². The Morgan fingerprint density at radius 1 is 1.20 bits per heavy atom. The smallest absolute Gasteiger partial charge is 0.0561 e. The van der Waals surface area contributed by atoms with E-state index in [0.717, 1.165) is 12.1 Å². The molecule has 1 aliphatic carbocycles. The molecule has 0 spiro atoms. The lowest BCUT2D eigenvalue weighted by Gasteiger charge is -2.20. The Kier molecular flexibility index (Phi) is 3.38. The molecule has 1 aromatic rings. The molecule has 1 fully saturated rings. The zero-order valence-electron chi connectivity index (χ0n) is 9.24. The van der Waals surface area contributed by atoms with Crippen LogP contribution in [0.3, 0.4) is 0 Å². The van der Waals surface area contributed by atoms with Gasteiger partial charge in [0.15, 0.2) is 0 Å². The van der Waals surface area contributed by atoms with Crippen molar-refractivity contribution in [2.75, 3.05) is 5.43 Å². The number of nitrogens with zero attached hydrogens (tertiary/aromatic N) is 1. The quantitative estimate of drug-likeness (QED) is 0.727. The van der Waals surface area contributed by atoms with Gasteiger partial charge in [-0.3, -0.25) is 5.43 Å².